The van der Waals surface area contributed by atoms with Gasteiger partial charge in [-0.25, -0.2) is 0 Å². The molecular weight excluding hydrogens is 218 g/mol. The summed E-state index contributed by atoms with van der Waals surface area (Å²) in [4.78, 5) is 2.38. The van der Waals surface area contributed by atoms with E-state index in [-0.39, 0.29) is 0 Å². The van der Waals surface area contributed by atoms with Crippen molar-refractivity contribution in [3.05, 3.63) is 11.9 Å². The normalized spacial score (nSPS) is 26.3. The topological polar surface area (TPSA) is 69.2 Å². The Morgan fingerprint density at radius 1 is 1.53 bits per heavy atom. The molecule has 2 rings (SSSR count). The van der Waals surface area contributed by atoms with Gasteiger partial charge in [0, 0.05) is 31.9 Å². The summed E-state index contributed by atoms with van der Waals surface area (Å²) in [5, 5.41) is 8.21. The Morgan fingerprint density at radius 2 is 2.35 bits per heavy atom. The van der Waals surface area contributed by atoms with Gasteiger partial charge < -0.3 is 10.5 Å². The number of ether oxygens (including phenoxy) is 1. The molecule has 1 aromatic heterocycles. The summed E-state index contributed by atoms with van der Waals surface area (Å²) in [6, 6.07) is 0.436. The molecule has 1 aliphatic heterocycles. The van der Waals surface area contributed by atoms with Gasteiger partial charge in [0.2, 0.25) is 0 Å². The first kappa shape index (κ1) is 12.5. The van der Waals surface area contributed by atoms with Crippen LogP contribution in [0.2, 0.25) is 0 Å². The molecule has 1 saturated heterocycles. The molecule has 0 aliphatic carbocycles. The van der Waals surface area contributed by atoms with Crippen molar-refractivity contribution in [3.8, 4) is 0 Å². The predicted octanol–water partition coefficient (Wildman–Crippen LogP) is -0.154. The van der Waals surface area contributed by atoms with Crippen molar-refractivity contribution >= 4 is 0 Å². The van der Waals surface area contributed by atoms with Gasteiger partial charge in [-0.05, 0) is 13.8 Å². The summed E-state index contributed by atoms with van der Waals surface area (Å²) < 4.78 is 7.40. The first-order valence-corrected chi connectivity index (χ1v) is 6.13. The predicted molar refractivity (Wildman–Crippen MR) is 64.4 cm³/mol. The molecule has 2 atom stereocenters. The molecule has 6 nitrogen and oxygen atoms in total. The molecule has 1 aromatic rings. The molecule has 17 heavy (non-hydrogen) atoms. The van der Waals surface area contributed by atoms with E-state index in [0.717, 1.165) is 31.9 Å². The number of nitrogens with zero attached hydrogens (tertiary/aromatic N) is 4. The number of hydrogen-bond donors (Lipinski definition) is 1. The van der Waals surface area contributed by atoms with Crippen LogP contribution in [0.4, 0.5) is 0 Å². The quantitative estimate of drug-likeness (QED) is 0.791. The van der Waals surface area contributed by atoms with Crippen molar-refractivity contribution < 1.29 is 4.74 Å². The summed E-state index contributed by atoms with van der Waals surface area (Å²) in [6.07, 6.45) is 2.27. The molecule has 2 N–H and O–H groups in total. The Hall–Kier alpha value is -0.980. The highest BCUT2D eigenvalue weighted by Gasteiger charge is 2.23. The lowest BCUT2D eigenvalue weighted by Gasteiger charge is -2.36. The van der Waals surface area contributed by atoms with Crippen molar-refractivity contribution in [2.75, 3.05) is 19.7 Å². The second kappa shape index (κ2) is 5.57. The third-order valence-corrected chi connectivity index (χ3v) is 3.05. The molecule has 0 aromatic carbocycles. The number of morpholine rings is 1. The number of aromatic nitrogens is 3. The number of hydrogen-bond acceptors (Lipinski definition) is 5. The van der Waals surface area contributed by atoms with Gasteiger partial charge in [-0.15, -0.1) is 5.10 Å². The minimum absolute atomic E-state index is 0.297. The van der Waals surface area contributed by atoms with Crippen LogP contribution in [0, 0.1) is 0 Å². The van der Waals surface area contributed by atoms with Gasteiger partial charge in [0.15, 0.2) is 0 Å². The van der Waals surface area contributed by atoms with Gasteiger partial charge in [-0.2, -0.15) is 0 Å². The van der Waals surface area contributed by atoms with E-state index in [9.17, 15) is 0 Å². The molecule has 2 heterocycles. The Balaban J connectivity index is 1.94. The Morgan fingerprint density at radius 3 is 3.12 bits per heavy atom. The molecule has 6 heteroatoms. The molecule has 0 spiro atoms. The van der Waals surface area contributed by atoms with Gasteiger partial charge in [0.25, 0.3) is 0 Å². The number of nitrogens with two attached hydrogens (primary N) is 1. The van der Waals surface area contributed by atoms with Crippen molar-refractivity contribution in [1.82, 2.24) is 19.9 Å². The zero-order chi connectivity index (χ0) is 12.3. The minimum Gasteiger partial charge on any atom is -0.376 e. The molecule has 1 fully saturated rings. The highest BCUT2D eigenvalue weighted by molar-refractivity contribution is 4.94. The molecule has 2 unspecified atom stereocenters. The summed E-state index contributed by atoms with van der Waals surface area (Å²) in [6.45, 7) is 8.17. The average Bonchev–Trinajstić information content (AvgIpc) is 2.72. The third-order valence-electron chi connectivity index (χ3n) is 3.05. The van der Waals surface area contributed by atoms with Crippen LogP contribution in [0.3, 0.4) is 0 Å². The first-order chi connectivity index (χ1) is 8.19. The fraction of sp³-hybridized carbons (Fsp3) is 0.818. The monoisotopic (exact) mass is 239 g/mol. The van der Waals surface area contributed by atoms with Crippen molar-refractivity contribution in [3.63, 3.8) is 0 Å². The second-order valence-electron chi connectivity index (χ2n) is 4.68. The molecule has 0 radical (unpaired) electrons. The lowest BCUT2D eigenvalue weighted by atomic mass is 10.2. The Bertz CT molecular complexity index is 353. The molecule has 96 valence electrons. The van der Waals surface area contributed by atoms with Crippen LogP contribution in [0.1, 0.15) is 19.5 Å². The Kier molecular flexibility index (Phi) is 4.09. The third kappa shape index (κ3) is 3.24. The van der Waals surface area contributed by atoms with E-state index in [1.165, 1.54) is 0 Å². The van der Waals surface area contributed by atoms with Gasteiger partial charge in [-0.3, -0.25) is 9.58 Å². The number of rotatable bonds is 4. The highest BCUT2D eigenvalue weighted by Crippen LogP contribution is 2.13. The van der Waals surface area contributed by atoms with E-state index < -0.39 is 0 Å². The zero-order valence-corrected chi connectivity index (χ0v) is 10.5. The van der Waals surface area contributed by atoms with Crippen LogP contribution in [0.5, 0.6) is 0 Å². The van der Waals surface area contributed by atoms with Crippen LogP contribution in [0.15, 0.2) is 6.20 Å². The summed E-state index contributed by atoms with van der Waals surface area (Å²) >= 11 is 0. The molecule has 1 aliphatic rings. The van der Waals surface area contributed by atoms with Crippen LogP contribution >= 0.6 is 0 Å². The highest BCUT2D eigenvalue weighted by atomic mass is 16.5. The molecule has 0 amide bonds. The van der Waals surface area contributed by atoms with Crippen molar-refractivity contribution in [2.45, 2.75) is 39.1 Å². The SMILES string of the molecule is CC1CN(Cc2cn(CCN)nn2)C(C)CO1. The van der Waals surface area contributed by atoms with E-state index in [4.69, 9.17) is 10.5 Å². The van der Waals surface area contributed by atoms with Crippen LogP contribution in [-0.2, 0) is 17.8 Å². The summed E-state index contributed by atoms with van der Waals surface area (Å²) in [5.41, 5.74) is 6.48. The zero-order valence-electron chi connectivity index (χ0n) is 10.5. The largest absolute Gasteiger partial charge is 0.376 e. The van der Waals surface area contributed by atoms with Crippen LogP contribution in [-0.4, -0.2) is 51.7 Å². The van der Waals surface area contributed by atoms with Crippen molar-refractivity contribution in [2.24, 2.45) is 5.73 Å². The maximum atomic E-state index is 5.60. The smallest absolute Gasteiger partial charge is 0.0967 e. The lowest BCUT2D eigenvalue weighted by Crippen LogP contribution is -2.46. The second-order valence-corrected chi connectivity index (χ2v) is 4.68. The maximum absolute atomic E-state index is 5.60. The molecule has 0 bridgehead atoms. The van der Waals surface area contributed by atoms with Gasteiger partial charge in [0.05, 0.1) is 24.9 Å². The fourth-order valence-corrected chi connectivity index (χ4v) is 2.05. The van der Waals surface area contributed by atoms with Gasteiger partial charge in [-0.1, -0.05) is 5.21 Å². The maximum Gasteiger partial charge on any atom is 0.0967 e. The van der Waals surface area contributed by atoms with Crippen LogP contribution in [0.25, 0.3) is 0 Å². The van der Waals surface area contributed by atoms with Gasteiger partial charge >= 0.3 is 0 Å². The van der Waals surface area contributed by atoms with E-state index in [0.29, 0.717) is 18.7 Å². The van der Waals surface area contributed by atoms with E-state index >= 15 is 0 Å². The summed E-state index contributed by atoms with van der Waals surface area (Å²) in [7, 11) is 0. The van der Waals surface area contributed by atoms with E-state index in [2.05, 4.69) is 29.1 Å². The molecule has 0 saturated carbocycles. The fourth-order valence-electron chi connectivity index (χ4n) is 2.05. The first-order valence-electron chi connectivity index (χ1n) is 6.13. The minimum atomic E-state index is 0.297. The average molecular weight is 239 g/mol. The van der Waals surface area contributed by atoms with Crippen LogP contribution < -0.4 is 5.73 Å². The molecular formula is C11H21N5O. The van der Waals surface area contributed by atoms with E-state index in [1.54, 1.807) is 4.68 Å². The van der Waals surface area contributed by atoms with E-state index in [1.807, 2.05) is 6.20 Å². The van der Waals surface area contributed by atoms with Gasteiger partial charge in [0.1, 0.15) is 0 Å². The van der Waals surface area contributed by atoms with Crippen molar-refractivity contribution in [1.29, 1.82) is 0 Å². The Labute approximate surface area is 102 Å². The lowest BCUT2D eigenvalue weighted by molar-refractivity contribution is -0.0530. The summed E-state index contributed by atoms with van der Waals surface area (Å²) in [5.74, 6) is 0. The standard InChI is InChI=1S/C11H21N5O/c1-9-8-17-10(2)5-15(9)6-11-7-16(4-3-12)14-13-11/h7,9-10H,3-6,8,12H2,1-2H3.